The average Bonchev–Trinajstić information content (AvgIpc) is 2.52. The average molecular weight is 316 g/mol. The summed E-state index contributed by atoms with van der Waals surface area (Å²) < 4.78 is 0. The maximum Gasteiger partial charge on any atom is 0.335 e. The number of hydrogen-bond donors (Lipinski definition) is 2. The van der Waals surface area contributed by atoms with Crippen LogP contribution in [-0.4, -0.2) is 17.0 Å². The molecule has 0 spiro atoms. The quantitative estimate of drug-likeness (QED) is 0.831. The molecule has 0 aliphatic heterocycles. The minimum absolute atomic E-state index is 0.193. The number of halogens is 1. The molecule has 0 radical (unpaired) electrons. The highest BCUT2D eigenvalue weighted by Crippen LogP contribution is 2.16. The first-order valence-corrected chi connectivity index (χ1v) is 6.97. The second kappa shape index (κ2) is 7.43. The minimum Gasteiger partial charge on any atom is -0.478 e. The maximum absolute atomic E-state index is 11.8. The lowest BCUT2D eigenvalue weighted by atomic mass is 10.1. The van der Waals surface area contributed by atoms with E-state index in [2.05, 4.69) is 5.32 Å². The van der Waals surface area contributed by atoms with Gasteiger partial charge in [0.1, 0.15) is 0 Å². The van der Waals surface area contributed by atoms with Gasteiger partial charge in [0.15, 0.2) is 0 Å². The van der Waals surface area contributed by atoms with E-state index in [0.717, 1.165) is 11.1 Å². The fourth-order valence-corrected chi connectivity index (χ4v) is 2.04. The van der Waals surface area contributed by atoms with Gasteiger partial charge in [-0.25, -0.2) is 4.79 Å². The second-order valence-electron chi connectivity index (χ2n) is 4.58. The van der Waals surface area contributed by atoms with E-state index in [4.69, 9.17) is 16.7 Å². The van der Waals surface area contributed by atoms with Crippen molar-refractivity contribution in [1.29, 1.82) is 0 Å². The normalized spacial score (nSPS) is 10.6. The first-order valence-electron chi connectivity index (χ1n) is 6.59. The molecule has 112 valence electrons. The first kappa shape index (κ1) is 15.8. The van der Waals surface area contributed by atoms with E-state index in [1.54, 1.807) is 24.3 Å². The van der Waals surface area contributed by atoms with Crippen molar-refractivity contribution in [3.63, 3.8) is 0 Å². The van der Waals surface area contributed by atoms with Gasteiger partial charge in [-0.15, -0.1) is 0 Å². The predicted molar refractivity (Wildman–Crippen MR) is 85.7 cm³/mol. The zero-order chi connectivity index (χ0) is 15.9. The molecule has 0 aliphatic rings. The van der Waals surface area contributed by atoms with Crippen molar-refractivity contribution in [2.75, 3.05) is 0 Å². The Morgan fingerprint density at radius 1 is 1.14 bits per heavy atom. The van der Waals surface area contributed by atoms with Gasteiger partial charge < -0.3 is 10.4 Å². The van der Waals surface area contributed by atoms with Crippen LogP contribution < -0.4 is 5.32 Å². The summed E-state index contributed by atoms with van der Waals surface area (Å²) in [6.07, 6.45) is 3.02. The molecule has 0 bridgehead atoms. The highest BCUT2D eigenvalue weighted by atomic mass is 35.5. The van der Waals surface area contributed by atoms with Crippen LogP contribution in [0.3, 0.4) is 0 Å². The molecule has 0 heterocycles. The van der Waals surface area contributed by atoms with Gasteiger partial charge in [0.2, 0.25) is 5.91 Å². The molecule has 2 rings (SSSR count). The molecule has 2 aromatic rings. The highest BCUT2D eigenvalue weighted by Gasteiger charge is 2.04. The van der Waals surface area contributed by atoms with Crippen LogP contribution >= 0.6 is 11.6 Å². The van der Waals surface area contributed by atoms with Gasteiger partial charge in [-0.1, -0.05) is 41.9 Å². The van der Waals surface area contributed by atoms with Crippen molar-refractivity contribution in [2.24, 2.45) is 0 Å². The Kier molecular flexibility index (Phi) is 5.33. The lowest BCUT2D eigenvalue weighted by molar-refractivity contribution is -0.116. The SMILES string of the molecule is O=C(/C=C/c1ccccc1Cl)NCc1cccc(C(=O)O)c1. The molecule has 2 N–H and O–H groups in total. The van der Waals surface area contributed by atoms with Crippen LogP contribution in [0.15, 0.2) is 54.6 Å². The van der Waals surface area contributed by atoms with Gasteiger partial charge in [0.05, 0.1) is 5.56 Å². The summed E-state index contributed by atoms with van der Waals surface area (Å²) in [5.41, 5.74) is 1.67. The summed E-state index contributed by atoms with van der Waals surface area (Å²) in [7, 11) is 0. The van der Waals surface area contributed by atoms with Crippen LogP contribution in [0.25, 0.3) is 6.08 Å². The zero-order valence-corrected chi connectivity index (χ0v) is 12.4. The molecule has 5 heteroatoms. The lowest BCUT2D eigenvalue weighted by Crippen LogP contribution is -2.20. The third-order valence-electron chi connectivity index (χ3n) is 2.96. The molecular formula is C17H14ClNO3. The van der Waals surface area contributed by atoms with Gasteiger partial charge in [-0.05, 0) is 35.4 Å². The molecule has 0 saturated carbocycles. The van der Waals surface area contributed by atoms with Crippen molar-refractivity contribution < 1.29 is 14.7 Å². The minimum atomic E-state index is -0.994. The van der Waals surface area contributed by atoms with Gasteiger partial charge in [-0.3, -0.25) is 4.79 Å². The number of hydrogen-bond acceptors (Lipinski definition) is 2. The predicted octanol–water partition coefficient (Wildman–Crippen LogP) is 3.37. The zero-order valence-electron chi connectivity index (χ0n) is 11.6. The molecular weight excluding hydrogens is 302 g/mol. The van der Waals surface area contributed by atoms with Gasteiger partial charge in [-0.2, -0.15) is 0 Å². The van der Waals surface area contributed by atoms with E-state index in [1.807, 2.05) is 18.2 Å². The number of carboxylic acids is 1. The smallest absolute Gasteiger partial charge is 0.335 e. The van der Waals surface area contributed by atoms with Crippen LogP contribution in [-0.2, 0) is 11.3 Å². The third kappa shape index (κ3) is 4.46. The molecule has 22 heavy (non-hydrogen) atoms. The second-order valence-corrected chi connectivity index (χ2v) is 4.99. The standard InChI is InChI=1S/C17H14ClNO3/c18-15-7-2-1-5-13(15)8-9-16(20)19-11-12-4-3-6-14(10-12)17(21)22/h1-10H,11H2,(H,19,20)(H,21,22)/b9-8+. The number of carboxylic acid groups (broad SMARTS) is 1. The summed E-state index contributed by atoms with van der Waals surface area (Å²) in [6.45, 7) is 0.257. The van der Waals surface area contributed by atoms with E-state index >= 15 is 0 Å². The van der Waals surface area contributed by atoms with Crippen LogP contribution in [0.1, 0.15) is 21.5 Å². The number of carbonyl (C=O) groups excluding carboxylic acids is 1. The Morgan fingerprint density at radius 3 is 2.64 bits per heavy atom. The Labute approximate surface area is 133 Å². The molecule has 0 fully saturated rings. The number of amides is 1. The molecule has 4 nitrogen and oxygen atoms in total. The third-order valence-corrected chi connectivity index (χ3v) is 3.30. The van der Waals surface area contributed by atoms with Gasteiger partial charge >= 0.3 is 5.97 Å². The Balaban J connectivity index is 1.94. The summed E-state index contributed by atoms with van der Waals surface area (Å²) >= 11 is 5.99. The van der Waals surface area contributed by atoms with Gasteiger partial charge in [0.25, 0.3) is 0 Å². The Bertz CT molecular complexity index is 725. The molecule has 0 atom stereocenters. The number of rotatable bonds is 5. The van der Waals surface area contributed by atoms with Crippen molar-refractivity contribution in [3.05, 3.63) is 76.3 Å². The molecule has 0 aromatic heterocycles. The van der Waals surface area contributed by atoms with Crippen molar-refractivity contribution in [3.8, 4) is 0 Å². The first-order chi connectivity index (χ1) is 10.6. The molecule has 0 saturated heterocycles. The lowest BCUT2D eigenvalue weighted by Gasteiger charge is -2.04. The summed E-state index contributed by atoms with van der Waals surface area (Å²) in [5, 5.41) is 12.2. The van der Waals surface area contributed by atoms with Crippen molar-refractivity contribution in [1.82, 2.24) is 5.32 Å². The van der Waals surface area contributed by atoms with Crippen LogP contribution in [0, 0.1) is 0 Å². The number of aromatic carboxylic acids is 1. The summed E-state index contributed by atoms with van der Waals surface area (Å²) in [6, 6.07) is 13.6. The number of nitrogens with one attached hydrogen (secondary N) is 1. The maximum atomic E-state index is 11.8. The molecule has 2 aromatic carbocycles. The fraction of sp³-hybridized carbons (Fsp3) is 0.0588. The topological polar surface area (TPSA) is 66.4 Å². The van der Waals surface area contributed by atoms with E-state index in [9.17, 15) is 9.59 Å². The van der Waals surface area contributed by atoms with E-state index in [0.29, 0.717) is 5.02 Å². The Morgan fingerprint density at radius 2 is 1.91 bits per heavy atom. The fourth-order valence-electron chi connectivity index (χ4n) is 1.84. The van der Waals surface area contributed by atoms with E-state index in [-0.39, 0.29) is 18.0 Å². The van der Waals surface area contributed by atoms with Crippen molar-refractivity contribution >= 4 is 29.6 Å². The van der Waals surface area contributed by atoms with Crippen LogP contribution in [0.5, 0.6) is 0 Å². The Hall–Kier alpha value is -2.59. The van der Waals surface area contributed by atoms with Crippen LogP contribution in [0.4, 0.5) is 0 Å². The van der Waals surface area contributed by atoms with Crippen LogP contribution in [0.2, 0.25) is 5.02 Å². The monoisotopic (exact) mass is 315 g/mol. The molecule has 1 amide bonds. The highest BCUT2D eigenvalue weighted by molar-refractivity contribution is 6.32. The van der Waals surface area contributed by atoms with Crippen molar-refractivity contribution in [2.45, 2.75) is 6.54 Å². The molecule has 0 aliphatic carbocycles. The van der Waals surface area contributed by atoms with E-state index < -0.39 is 5.97 Å². The summed E-state index contributed by atoms with van der Waals surface area (Å²) in [4.78, 5) is 22.6. The molecule has 0 unspecified atom stereocenters. The summed E-state index contributed by atoms with van der Waals surface area (Å²) in [5.74, 6) is -1.27. The van der Waals surface area contributed by atoms with Gasteiger partial charge in [0, 0.05) is 17.6 Å². The van der Waals surface area contributed by atoms with E-state index in [1.165, 1.54) is 18.2 Å². The number of carbonyl (C=O) groups is 2. The largest absolute Gasteiger partial charge is 0.478 e. The number of benzene rings is 2.